The van der Waals surface area contributed by atoms with Gasteiger partial charge < -0.3 is 15.0 Å². The van der Waals surface area contributed by atoms with Crippen molar-refractivity contribution in [2.75, 3.05) is 7.05 Å². The highest BCUT2D eigenvalue weighted by atomic mass is 79.9. The van der Waals surface area contributed by atoms with Crippen LogP contribution in [0, 0.1) is 10.1 Å². The zero-order valence-electron chi connectivity index (χ0n) is 11.6. The van der Waals surface area contributed by atoms with Crippen molar-refractivity contribution >= 4 is 27.7 Å². The maximum Gasteiger partial charge on any atom is 0.323 e. The summed E-state index contributed by atoms with van der Waals surface area (Å²) in [5.74, 6) is -0.367. The molecule has 0 bridgehead atoms. The van der Waals surface area contributed by atoms with Gasteiger partial charge in [-0.3, -0.25) is 4.79 Å². The molecule has 0 aliphatic heterocycles. The zero-order valence-corrected chi connectivity index (χ0v) is 13.2. The van der Waals surface area contributed by atoms with Gasteiger partial charge in [0.05, 0.1) is 7.05 Å². The third-order valence-corrected chi connectivity index (χ3v) is 3.99. The lowest BCUT2D eigenvalue weighted by Gasteiger charge is -2.17. The average molecular weight is 352 g/mol. The van der Waals surface area contributed by atoms with E-state index in [0.29, 0.717) is 6.54 Å². The Morgan fingerprint density at radius 1 is 1.33 bits per heavy atom. The highest BCUT2D eigenvalue weighted by Crippen LogP contribution is 2.20. The van der Waals surface area contributed by atoms with Crippen LogP contribution in [0.2, 0.25) is 0 Å². The van der Waals surface area contributed by atoms with E-state index in [2.05, 4.69) is 15.9 Å². The van der Waals surface area contributed by atoms with Crippen LogP contribution in [0.3, 0.4) is 0 Å². The van der Waals surface area contributed by atoms with Crippen LogP contribution in [-0.4, -0.2) is 27.3 Å². The number of hydrogen-bond acceptors (Lipinski definition) is 3. The summed E-state index contributed by atoms with van der Waals surface area (Å²) in [5, 5.41) is 10.8. The van der Waals surface area contributed by atoms with E-state index in [9.17, 15) is 14.9 Å². The van der Waals surface area contributed by atoms with Gasteiger partial charge in [-0.2, -0.15) is 0 Å². The average Bonchev–Trinajstić information content (AvgIpc) is 2.82. The molecule has 2 rings (SSSR count). The van der Waals surface area contributed by atoms with E-state index in [-0.39, 0.29) is 17.4 Å². The molecule has 0 unspecified atom stereocenters. The van der Waals surface area contributed by atoms with Crippen LogP contribution in [0.5, 0.6) is 0 Å². The Morgan fingerprint density at radius 2 is 2.00 bits per heavy atom. The molecule has 1 aromatic heterocycles. The highest BCUT2D eigenvalue weighted by Gasteiger charge is 2.23. The number of aromatic nitrogens is 1. The van der Waals surface area contributed by atoms with Crippen LogP contribution in [-0.2, 0) is 13.6 Å². The number of hydrogen-bond donors (Lipinski definition) is 0. The largest absolute Gasteiger partial charge is 0.358 e. The minimum atomic E-state index is -0.509. The highest BCUT2D eigenvalue weighted by molar-refractivity contribution is 9.10. The summed E-state index contributed by atoms with van der Waals surface area (Å²) in [6.07, 6.45) is 0. The molecule has 0 aliphatic rings. The Kier molecular flexibility index (Phi) is 4.42. The molecule has 6 nitrogen and oxygen atoms in total. The van der Waals surface area contributed by atoms with Crippen molar-refractivity contribution in [3.63, 3.8) is 0 Å². The number of amides is 1. The first-order valence-corrected chi connectivity index (χ1v) is 7.00. The molecule has 7 heteroatoms. The van der Waals surface area contributed by atoms with Gasteiger partial charge in [0, 0.05) is 24.1 Å². The van der Waals surface area contributed by atoms with Crippen LogP contribution in [0.4, 0.5) is 5.82 Å². The number of halogens is 1. The number of carbonyl (C=O) groups is 1. The first-order valence-electron chi connectivity index (χ1n) is 6.20. The van der Waals surface area contributed by atoms with E-state index < -0.39 is 4.92 Å². The second kappa shape index (κ2) is 6.09. The Bertz CT molecular complexity index is 697. The third-order valence-electron chi connectivity index (χ3n) is 3.21. The van der Waals surface area contributed by atoms with Crippen molar-refractivity contribution in [1.82, 2.24) is 9.47 Å². The summed E-state index contributed by atoms with van der Waals surface area (Å²) >= 11 is 3.44. The SMILES string of the molecule is CN(Cc1ccccc1Br)C(=O)c1ccc([N+](=O)[O-])n1C. The maximum atomic E-state index is 12.4. The van der Waals surface area contributed by atoms with Crippen molar-refractivity contribution in [3.05, 3.63) is 62.2 Å². The van der Waals surface area contributed by atoms with Gasteiger partial charge >= 0.3 is 5.82 Å². The zero-order chi connectivity index (χ0) is 15.6. The molecule has 0 fully saturated rings. The van der Waals surface area contributed by atoms with Gasteiger partial charge in [-0.1, -0.05) is 34.1 Å². The first-order chi connectivity index (χ1) is 9.91. The molecule has 1 amide bonds. The lowest BCUT2D eigenvalue weighted by molar-refractivity contribution is -0.391. The predicted octanol–water partition coefficient (Wildman–Crippen LogP) is 2.97. The maximum absolute atomic E-state index is 12.4. The molecule has 0 saturated carbocycles. The second-order valence-corrected chi connectivity index (χ2v) is 5.50. The van der Waals surface area contributed by atoms with E-state index in [4.69, 9.17) is 0 Å². The van der Waals surface area contributed by atoms with Crippen molar-refractivity contribution < 1.29 is 9.72 Å². The fourth-order valence-electron chi connectivity index (χ4n) is 2.05. The van der Waals surface area contributed by atoms with Crippen molar-refractivity contribution in [3.8, 4) is 0 Å². The molecule has 0 radical (unpaired) electrons. The van der Waals surface area contributed by atoms with Crippen LogP contribution in [0.1, 0.15) is 16.1 Å². The molecule has 2 aromatic rings. The Balaban J connectivity index is 2.20. The molecular formula is C14H14BrN3O3. The lowest BCUT2D eigenvalue weighted by atomic mass is 10.2. The van der Waals surface area contributed by atoms with Crippen LogP contribution in [0.15, 0.2) is 40.9 Å². The molecule has 0 N–H and O–H groups in total. The summed E-state index contributed by atoms with van der Waals surface area (Å²) < 4.78 is 2.21. The molecule has 0 saturated heterocycles. The number of nitrogens with zero attached hydrogens (tertiary/aromatic N) is 3. The second-order valence-electron chi connectivity index (χ2n) is 4.65. The molecule has 0 spiro atoms. The van der Waals surface area contributed by atoms with Gasteiger partial charge in [0.1, 0.15) is 0 Å². The number of nitro groups is 1. The van der Waals surface area contributed by atoms with E-state index in [1.54, 1.807) is 7.05 Å². The normalized spacial score (nSPS) is 10.4. The Hall–Kier alpha value is -2.15. The van der Waals surface area contributed by atoms with Crippen LogP contribution in [0.25, 0.3) is 0 Å². The van der Waals surface area contributed by atoms with Gasteiger partial charge in [0.25, 0.3) is 5.91 Å². The standard InChI is InChI=1S/C14H14BrN3O3/c1-16(9-10-5-3-4-6-11(10)15)14(19)12-7-8-13(17(12)2)18(20)21/h3-8H,9H2,1-2H3. The quantitative estimate of drug-likeness (QED) is 0.628. The molecule has 21 heavy (non-hydrogen) atoms. The van der Waals surface area contributed by atoms with Crippen LogP contribution < -0.4 is 0 Å². The summed E-state index contributed by atoms with van der Waals surface area (Å²) in [6.45, 7) is 0.416. The molecular weight excluding hydrogens is 338 g/mol. The number of rotatable bonds is 4. The summed E-state index contributed by atoms with van der Waals surface area (Å²) in [5.41, 5.74) is 1.26. The van der Waals surface area contributed by atoms with E-state index in [1.165, 1.54) is 28.6 Å². The van der Waals surface area contributed by atoms with Crippen molar-refractivity contribution in [2.45, 2.75) is 6.54 Å². The smallest absolute Gasteiger partial charge is 0.323 e. The molecule has 0 aliphatic carbocycles. The topological polar surface area (TPSA) is 68.4 Å². The Morgan fingerprint density at radius 3 is 2.57 bits per heavy atom. The van der Waals surface area contributed by atoms with E-state index in [1.807, 2.05) is 24.3 Å². The van der Waals surface area contributed by atoms with E-state index >= 15 is 0 Å². The third kappa shape index (κ3) is 3.13. The summed E-state index contributed by atoms with van der Waals surface area (Å²) in [7, 11) is 3.18. The molecule has 1 heterocycles. The molecule has 1 aromatic carbocycles. The van der Waals surface area contributed by atoms with Gasteiger partial charge in [0.15, 0.2) is 5.69 Å². The first kappa shape index (κ1) is 15.2. The van der Waals surface area contributed by atoms with Crippen LogP contribution >= 0.6 is 15.9 Å². The monoisotopic (exact) mass is 351 g/mol. The van der Waals surface area contributed by atoms with Gasteiger partial charge in [-0.05, 0) is 22.6 Å². The summed E-state index contributed by atoms with van der Waals surface area (Å²) in [4.78, 5) is 24.2. The summed E-state index contributed by atoms with van der Waals surface area (Å²) in [6, 6.07) is 10.4. The number of carbonyl (C=O) groups excluding carboxylic acids is 1. The lowest BCUT2D eigenvalue weighted by Crippen LogP contribution is -2.28. The number of benzene rings is 1. The fraction of sp³-hybridized carbons (Fsp3) is 0.214. The minimum absolute atomic E-state index is 0.104. The van der Waals surface area contributed by atoms with Gasteiger partial charge in [-0.25, -0.2) is 4.57 Å². The van der Waals surface area contributed by atoms with E-state index in [0.717, 1.165) is 10.0 Å². The minimum Gasteiger partial charge on any atom is -0.358 e. The fourth-order valence-corrected chi connectivity index (χ4v) is 2.46. The van der Waals surface area contributed by atoms with Crippen molar-refractivity contribution in [1.29, 1.82) is 0 Å². The molecule has 0 atom stereocenters. The van der Waals surface area contributed by atoms with Gasteiger partial charge in [-0.15, -0.1) is 0 Å². The molecule has 110 valence electrons. The predicted molar refractivity (Wildman–Crippen MR) is 82.0 cm³/mol. The van der Waals surface area contributed by atoms with Crippen molar-refractivity contribution in [2.24, 2.45) is 7.05 Å². The van der Waals surface area contributed by atoms with Gasteiger partial charge in [0.2, 0.25) is 0 Å². The Labute approximate surface area is 130 Å².